The van der Waals surface area contributed by atoms with Crippen molar-refractivity contribution in [3.8, 4) is 0 Å². The van der Waals surface area contributed by atoms with E-state index in [9.17, 15) is 5.11 Å². The first kappa shape index (κ1) is 17.1. The van der Waals surface area contributed by atoms with E-state index in [1.54, 1.807) is 0 Å². The second kappa shape index (κ2) is 7.35. The molecule has 1 unspecified atom stereocenters. The van der Waals surface area contributed by atoms with Gasteiger partial charge in [-0.3, -0.25) is 0 Å². The van der Waals surface area contributed by atoms with E-state index in [0.29, 0.717) is 13.1 Å². The molecular formula is C16H29N5O. The van der Waals surface area contributed by atoms with Crippen LogP contribution in [0.5, 0.6) is 0 Å². The Labute approximate surface area is 133 Å². The van der Waals surface area contributed by atoms with Gasteiger partial charge in [0.15, 0.2) is 0 Å². The number of hydrogen-bond acceptors (Lipinski definition) is 6. The highest BCUT2D eigenvalue weighted by Gasteiger charge is 2.21. The standard InChI is InChI=1S/C16H29N5O/c1-16(2,3)14(22)12-17-9-13-10-18-15(19-11-13)21-7-5-20(4)6-8-21/h10-11,14,17,22H,5-9,12H2,1-4H3. The van der Waals surface area contributed by atoms with Crippen molar-refractivity contribution in [2.45, 2.75) is 33.4 Å². The lowest BCUT2D eigenvalue weighted by molar-refractivity contribution is 0.0627. The fourth-order valence-electron chi connectivity index (χ4n) is 2.27. The summed E-state index contributed by atoms with van der Waals surface area (Å²) >= 11 is 0. The van der Waals surface area contributed by atoms with Crippen molar-refractivity contribution in [3.63, 3.8) is 0 Å². The SMILES string of the molecule is CN1CCN(c2ncc(CNCC(O)C(C)(C)C)cn2)CC1. The average Bonchev–Trinajstić information content (AvgIpc) is 2.48. The van der Waals surface area contributed by atoms with Gasteiger partial charge in [0.25, 0.3) is 0 Å². The van der Waals surface area contributed by atoms with Crippen LogP contribution in [0, 0.1) is 5.41 Å². The molecule has 1 aliphatic rings. The molecule has 0 aliphatic carbocycles. The van der Waals surface area contributed by atoms with Crippen LogP contribution in [0.2, 0.25) is 0 Å². The average molecular weight is 307 g/mol. The normalized spacial score (nSPS) is 18.5. The lowest BCUT2D eigenvalue weighted by atomic mass is 9.89. The zero-order valence-electron chi connectivity index (χ0n) is 14.2. The van der Waals surface area contributed by atoms with Crippen molar-refractivity contribution in [1.29, 1.82) is 0 Å². The van der Waals surface area contributed by atoms with Gasteiger partial charge in [0, 0.05) is 57.2 Å². The number of piperazine rings is 1. The van der Waals surface area contributed by atoms with Crippen LogP contribution in [0.4, 0.5) is 5.95 Å². The van der Waals surface area contributed by atoms with Gasteiger partial charge in [-0.15, -0.1) is 0 Å². The van der Waals surface area contributed by atoms with Gasteiger partial charge in [-0.2, -0.15) is 0 Å². The van der Waals surface area contributed by atoms with Crippen LogP contribution in [0.3, 0.4) is 0 Å². The Bertz CT molecular complexity index is 449. The maximum atomic E-state index is 10.00. The fourth-order valence-corrected chi connectivity index (χ4v) is 2.27. The van der Waals surface area contributed by atoms with Crippen LogP contribution in [-0.4, -0.2) is 65.8 Å². The number of aliphatic hydroxyl groups excluding tert-OH is 1. The van der Waals surface area contributed by atoms with Crippen LogP contribution >= 0.6 is 0 Å². The summed E-state index contributed by atoms with van der Waals surface area (Å²) in [6, 6.07) is 0. The van der Waals surface area contributed by atoms with E-state index in [4.69, 9.17) is 0 Å². The number of aromatic nitrogens is 2. The monoisotopic (exact) mass is 307 g/mol. The number of likely N-dealkylation sites (N-methyl/N-ethyl adjacent to an activating group) is 1. The van der Waals surface area contributed by atoms with Crippen LogP contribution in [0.1, 0.15) is 26.3 Å². The molecule has 124 valence electrons. The molecule has 1 fully saturated rings. The van der Waals surface area contributed by atoms with E-state index >= 15 is 0 Å². The van der Waals surface area contributed by atoms with Crippen LogP contribution < -0.4 is 10.2 Å². The summed E-state index contributed by atoms with van der Waals surface area (Å²) < 4.78 is 0. The molecular weight excluding hydrogens is 278 g/mol. The molecule has 0 amide bonds. The van der Waals surface area contributed by atoms with Crippen molar-refractivity contribution in [3.05, 3.63) is 18.0 Å². The molecule has 1 saturated heterocycles. The lowest BCUT2D eigenvalue weighted by Crippen LogP contribution is -2.45. The van der Waals surface area contributed by atoms with Crippen molar-refractivity contribution < 1.29 is 5.11 Å². The van der Waals surface area contributed by atoms with Gasteiger partial charge >= 0.3 is 0 Å². The van der Waals surface area contributed by atoms with Gasteiger partial charge in [0.2, 0.25) is 5.95 Å². The number of aliphatic hydroxyl groups is 1. The minimum absolute atomic E-state index is 0.102. The number of anilines is 1. The van der Waals surface area contributed by atoms with E-state index in [0.717, 1.165) is 37.7 Å². The van der Waals surface area contributed by atoms with Crippen molar-refractivity contribution >= 4 is 5.95 Å². The van der Waals surface area contributed by atoms with E-state index in [1.807, 2.05) is 33.2 Å². The number of nitrogens with zero attached hydrogens (tertiary/aromatic N) is 4. The fraction of sp³-hybridized carbons (Fsp3) is 0.750. The number of nitrogens with one attached hydrogen (secondary N) is 1. The van der Waals surface area contributed by atoms with Gasteiger partial charge in [0.05, 0.1) is 6.10 Å². The van der Waals surface area contributed by atoms with Crippen molar-refractivity contribution in [1.82, 2.24) is 20.2 Å². The molecule has 1 atom stereocenters. The van der Waals surface area contributed by atoms with E-state index < -0.39 is 0 Å². The van der Waals surface area contributed by atoms with E-state index in [1.165, 1.54) is 0 Å². The van der Waals surface area contributed by atoms with Crippen LogP contribution in [0.15, 0.2) is 12.4 Å². The zero-order chi connectivity index (χ0) is 16.2. The summed E-state index contributed by atoms with van der Waals surface area (Å²) in [6.45, 7) is 11.4. The highest BCUT2D eigenvalue weighted by atomic mass is 16.3. The molecule has 6 heteroatoms. The Hall–Kier alpha value is -1.24. The predicted molar refractivity (Wildman–Crippen MR) is 88.9 cm³/mol. The Morgan fingerprint density at radius 3 is 2.32 bits per heavy atom. The molecule has 0 saturated carbocycles. The topological polar surface area (TPSA) is 64.5 Å². The zero-order valence-corrected chi connectivity index (χ0v) is 14.2. The smallest absolute Gasteiger partial charge is 0.225 e. The molecule has 0 bridgehead atoms. The Morgan fingerprint density at radius 2 is 1.77 bits per heavy atom. The molecule has 0 spiro atoms. The van der Waals surface area contributed by atoms with Gasteiger partial charge in [-0.1, -0.05) is 20.8 Å². The molecule has 6 nitrogen and oxygen atoms in total. The van der Waals surface area contributed by atoms with E-state index in [-0.39, 0.29) is 11.5 Å². The largest absolute Gasteiger partial charge is 0.391 e. The first-order chi connectivity index (χ1) is 10.4. The minimum Gasteiger partial charge on any atom is -0.391 e. The summed E-state index contributed by atoms with van der Waals surface area (Å²) in [5, 5.41) is 13.3. The third kappa shape index (κ3) is 4.90. The molecule has 2 heterocycles. The second-order valence-corrected chi connectivity index (χ2v) is 7.19. The molecule has 1 aromatic rings. The predicted octanol–water partition coefficient (Wildman–Crippen LogP) is 0.725. The highest BCUT2D eigenvalue weighted by molar-refractivity contribution is 5.30. The van der Waals surface area contributed by atoms with Gasteiger partial charge < -0.3 is 20.2 Å². The summed E-state index contributed by atoms with van der Waals surface area (Å²) in [7, 11) is 2.14. The lowest BCUT2D eigenvalue weighted by Gasteiger charge is -2.32. The van der Waals surface area contributed by atoms with Crippen molar-refractivity contribution in [2.75, 3.05) is 44.7 Å². The van der Waals surface area contributed by atoms with E-state index in [2.05, 4.69) is 32.1 Å². The molecule has 1 aliphatic heterocycles. The molecule has 22 heavy (non-hydrogen) atoms. The first-order valence-corrected chi connectivity index (χ1v) is 7.99. The third-order valence-corrected chi connectivity index (χ3v) is 4.14. The third-order valence-electron chi connectivity index (χ3n) is 4.14. The minimum atomic E-state index is -0.363. The van der Waals surface area contributed by atoms with Gasteiger partial charge in [0.1, 0.15) is 0 Å². The molecule has 2 N–H and O–H groups in total. The second-order valence-electron chi connectivity index (χ2n) is 7.19. The summed E-state index contributed by atoms with van der Waals surface area (Å²) in [4.78, 5) is 13.5. The quantitative estimate of drug-likeness (QED) is 0.836. The molecule has 1 aromatic heterocycles. The highest BCUT2D eigenvalue weighted by Crippen LogP contribution is 2.18. The van der Waals surface area contributed by atoms with Crippen LogP contribution in [0.25, 0.3) is 0 Å². The summed E-state index contributed by atoms with van der Waals surface area (Å²) in [5.74, 6) is 0.812. The Kier molecular flexibility index (Phi) is 5.72. The maximum Gasteiger partial charge on any atom is 0.225 e. The van der Waals surface area contributed by atoms with Crippen LogP contribution in [-0.2, 0) is 6.54 Å². The van der Waals surface area contributed by atoms with Gasteiger partial charge in [-0.05, 0) is 12.5 Å². The molecule has 0 aromatic carbocycles. The summed E-state index contributed by atoms with van der Waals surface area (Å²) in [5.41, 5.74) is 0.938. The molecule has 2 rings (SSSR count). The summed E-state index contributed by atoms with van der Waals surface area (Å²) in [6.07, 6.45) is 3.38. The molecule has 0 radical (unpaired) electrons. The van der Waals surface area contributed by atoms with Gasteiger partial charge in [-0.25, -0.2) is 9.97 Å². The maximum absolute atomic E-state index is 10.00. The Morgan fingerprint density at radius 1 is 1.18 bits per heavy atom. The first-order valence-electron chi connectivity index (χ1n) is 7.99. The van der Waals surface area contributed by atoms with Crippen molar-refractivity contribution in [2.24, 2.45) is 5.41 Å². The number of hydrogen-bond donors (Lipinski definition) is 2. The number of rotatable bonds is 5. The Balaban J connectivity index is 1.80.